The molecule has 200 valence electrons. The van der Waals surface area contributed by atoms with Gasteiger partial charge in [-0.15, -0.1) is 0 Å². The number of ether oxygens (including phenoxy) is 2. The molecule has 1 heterocycles. The van der Waals surface area contributed by atoms with E-state index >= 15 is 0 Å². The molecular formula is C27H21ClFN3O6S. The second-order valence-corrected chi connectivity index (χ2v) is 9.43. The molecule has 0 aromatic heterocycles. The Morgan fingerprint density at radius 2 is 1.74 bits per heavy atom. The van der Waals surface area contributed by atoms with E-state index < -0.39 is 35.3 Å². The molecule has 1 saturated heterocycles. The molecule has 1 aliphatic rings. The van der Waals surface area contributed by atoms with E-state index in [4.69, 9.17) is 21.1 Å². The molecule has 3 aromatic rings. The molecule has 0 unspecified atom stereocenters. The predicted octanol–water partition coefficient (Wildman–Crippen LogP) is 5.18. The smallest absolute Gasteiger partial charge is 0.294 e. The summed E-state index contributed by atoms with van der Waals surface area (Å²) in [5, 5.41) is 4.48. The van der Waals surface area contributed by atoms with Crippen molar-refractivity contribution in [3.05, 3.63) is 88.0 Å². The minimum atomic E-state index is -0.730. The Morgan fingerprint density at radius 3 is 2.46 bits per heavy atom. The van der Waals surface area contributed by atoms with E-state index in [1.807, 2.05) is 6.07 Å². The summed E-state index contributed by atoms with van der Waals surface area (Å²) in [4.78, 5) is 50.6. The molecule has 1 fully saturated rings. The fraction of sp³-hybridized carbons (Fsp3) is 0.111. The lowest BCUT2D eigenvalue weighted by Crippen LogP contribution is -2.36. The number of nitrogens with zero attached hydrogens (tertiary/aromatic N) is 1. The first-order valence-corrected chi connectivity index (χ1v) is 12.6. The van der Waals surface area contributed by atoms with Gasteiger partial charge in [-0.1, -0.05) is 41.9 Å². The van der Waals surface area contributed by atoms with Crippen molar-refractivity contribution < 1.29 is 33.0 Å². The highest BCUT2D eigenvalue weighted by Crippen LogP contribution is 2.39. The molecule has 1 aliphatic heterocycles. The first-order valence-electron chi connectivity index (χ1n) is 11.4. The average Bonchev–Trinajstić information content (AvgIpc) is 3.16. The van der Waals surface area contributed by atoms with Crippen LogP contribution in [0.4, 0.5) is 20.6 Å². The second kappa shape index (κ2) is 12.5. The fourth-order valence-corrected chi connectivity index (χ4v) is 4.62. The number of carbonyl (C=O) groups excluding carboxylic acids is 4. The lowest BCUT2D eigenvalue weighted by atomic mass is 10.1. The molecule has 39 heavy (non-hydrogen) atoms. The maximum Gasteiger partial charge on any atom is 0.294 e. The molecule has 4 rings (SSSR count). The van der Waals surface area contributed by atoms with E-state index in [0.29, 0.717) is 23.0 Å². The second-order valence-electron chi connectivity index (χ2n) is 8.03. The van der Waals surface area contributed by atoms with Crippen molar-refractivity contribution in [1.82, 2.24) is 4.90 Å². The molecule has 0 saturated carbocycles. The van der Waals surface area contributed by atoms with Crippen molar-refractivity contribution >= 4 is 63.8 Å². The van der Waals surface area contributed by atoms with E-state index in [1.54, 1.807) is 24.3 Å². The Morgan fingerprint density at radius 1 is 1.03 bits per heavy atom. The maximum atomic E-state index is 13.8. The zero-order chi connectivity index (χ0) is 27.9. The normalized spacial score (nSPS) is 13.9. The summed E-state index contributed by atoms with van der Waals surface area (Å²) >= 11 is 7.02. The zero-order valence-electron chi connectivity index (χ0n) is 20.4. The standard InChI is InChI=1S/C27H21ClFN3O6S/c1-37-21-12-16(11-18(28)25(21)38-15-24(34)30-17-7-3-2-4-8-17)13-22-26(35)32(27(36)39-22)14-23(33)31-20-10-6-5-9-19(20)29/h2-13H,14-15H2,1H3,(H,30,34)(H,31,33)/b22-13-. The highest BCUT2D eigenvalue weighted by atomic mass is 35.5. The Kier molecular flexibility index (Phi) is 8.84. The molecule has 3 aromatic carbocycles. The number of rotatable bonds is 9. The number of amides is 4. The first-order chi connectivity index (χ1) is 18.7. The first kappa shape index (κ1) is 27.7. The van der Waals surface area contributed by atoms with E-state index in [-0.39, 0.29) is 33.7 Å². The molecule has 4 amide bonds. The fourth-order valence-electron chi connectivity index (χ4n) is 3.50. The van der Waals surface area contributed by atoms with Crippen LogP contribution in [0.5, 0.6) is 11.5 Å². The number of halogens is 2. The van der Waals surface area contributed by atoms with Crippen LogP contribution in [0.1, 0.15) is 5.56 Å². The number of para-hydroxylation sites is 2. The third-order valence-electron chi connectivity index (χ3n) is 5.28. The monoisotopic (exact) mass is 569 g/mol. The van der Waals surface area contributed by atoms with Gasteiger partial charge in [-0.25, -0.2) is 4.39 Å². The Hall–Kier alpha value is -4.35. The molecule has 0 aliphatic carbocycles. The lowest BCUT2D eigenvalue weighted by Gasteiger charge is -2.14. The van der Waals surface area contributed by atoms with Gasteiger partial charge in [-0.2, -0.15) is 0 Å². The van der Waals surface area contributed by atoms with E-state index in [9.17, 15) is 23.6 Å². The summed E-state index contributed by atoms with van der Waals surface area (Å²) in [7, 11) is 1.38. The summed E-state index contributed by atoms with van der Waals surface area (Å²) in [6.45, 7) is -0.920. The third kappa shape index (κ3) is 6.95. The van der Waals surface area contributed by atoms with Gasteiger partial charge >= 0.3 is 0 Å². The van der Waals surface area contributed by atoms with Crippen LogP contribution in [-0.2, 0) is 14.4 Å². The van der Waals surface area contributed by atoms with Crippen LogP contribution in [-0.4, -0.2) is 48.1 Å². The number of nitrogens with one attached hydrogen (secondary N) is 2. The molecule has 0 bridgehead atoms. The van der Waals surface area contributed by atoms with E-state index in [1.165, 1.54) is 49.6 Å². The van der Waals surface area contributed by atoms with Gasteiger partial charge in [0.2, 0.25) is 5.91 Å². The van der Waals surface area contributed by atoms with Crippen molar-refractivity contribution in [3.8, 4) is 11.5 Å². The minimum Gasteiger partial charge on any atom is -0.493 e. The Balaban J connectivity index is 1.43. The van der Waals surface area contributed by atoms with Crippen molar-refractivity contribution in [2.24, 2.45) is 0 Å². The topological polar surface area (TPSA) is 114 Å². The Bertz CT molecular complexity index is 1470. The summed E-state index contributed by atoms with van der Waals surface area (Å²) in [5.41, 5.74) is 0.962. The van der Waals surface area contributed by atoms with Gasteiger partial charge < -0.3 is 20.1 Å². The highest BCUT2D eigenvalue weighted by molar-refractivity contribution is 8.18. The lowest BCUT2D eigenvalue weighted by molar-refractivity contribution is -0.127. The minimum absolute atomic E-state index is 0.0488. The van der Waals surface area contributed by atoms with E-state index in [0.717, 1.165) is 4.90 Å². The molecule has 2 N–H and O–H groups in total. The molecular weight excluding hydrogens is 549 g/mol. The average molecular weight is 570 g/mol. The van der Waals surface area contributed by atoms with Crippen molar-refractivity contribution in [1.29, 1.82) is 0 Å². The number of benzene rings is 3. The van der Waals surface area contributed by atoms with Crippen LogP contribution in [0, 0.1) is 5.82 Å². The van der Waals surface area contributed by atoms with Gasteiger partial charge in [0.1, 0.15) is 12.4 Å². The number of hydrogen-bond acceptors (Lipinski definition) is 7. The third-order valence-corrected chi connectivity index (χ3v) is 6.47. The van der Waals surface area contributed by atoms with Crippen LogP contribution in [0.15, 0.2) is 71.6 Å². The number of imide groups is 1. The van der Waals surface area contributed by atoms with Gasteiger partial charge in [-0.05, 0) is 59.8 Å². The van der Waals surface area contributed by atoms with Crippen LogP contribution >= 0.6 is 23.4 Å². The predicted molar refractivity (Wildman–Crippen MR) is 146 cm³/mol. The molecule has 12 heteroatoms. The van der Waals surface area contributed by atoms with Crippen molar-refractivity contribution in [2.45, 2.75) is 0 Å². The summed E-state index contributed by atoms with van der Waals surface area (Å²) in [5.74, 6) is -2.15. The van der Waals surface area contributed by atoms with Crippen LogP contribution in [0.2, 0.25) is 5.02 Å². The SMILES string of the molecule is COc1cc(/C=C2\SC(=O)N(CC(=O)Nc3ccccc3F)C2=O)cc(Cl)c1OCC(=O)Nc1ccccc1. The van der Waals surface area contributed by atoms with Crippen LogP contribution < -0.4 is 20.1 Å². The van der Waals surface area contributed by atoms with Crippen molar-refractivity contribution in [3.63, 3.8) is 0 Å². The number of carbonyl (C=O) groups is 4. The van der Waals surface area contributed by atoms with Gasteiger partial charge in [0.15, 0.2) is 18.1 Å². The van der Waals surface area contributed by atoms with Gasteiger partial charge in [0.05, 0.1) is 22.7 Å². The molecule has 0 spiro atoms. The largest absolute Gasteiger partial charge is 0.493 e. The molecule has 0 atom stereocenters. The number of anilines is 2. The van der Waals surface area contributed by atoms with E-state index in [2.05, 4.69) is 10.6 Å². The highest BCUT2D eigenvalue weighted by Gasteiger charge is 2.36. The van der Waals surface area contributed by atoms with Gasteiger partial charge in [-0.3, -0.25) is 24.1 Å². The van der Waals surface area contributed by atoms with Crippen LogP contribution in [0.3, 0.4) is 0 Å². The molecule has 9 nitrogen and oxygen atoms in total. The van der Waals surface area contributed by atoms with Crippen molar-refractivity contribution in [2.75, 3.05) is 30.9 Å². The summed E-state index contributed by atoms with van der Waals surface area (Å²) in [6.07, 6.45) is 1.42. The number of thioether (sulfide) groups is 1. The Labute approximate surface area is 231 Å². The zero-order valence-corrected chi connectivity index (χ0v) is 22.0. The summed E-state index contributed by atoms with van der Waals surface area (Å²) in [6, 6.07) is 17.4. The summed E-state index contributed by atoms with van der Waals surface area (Å²) < 4.78 is 24.7. The van der Waals surface area contributed by atoms with Gasteiger partial charge in [0.25, 0.3) is 17.1 Å². The maximum absolute atomic E-state index is 13.8. The molecule has 0 radical (unpaired) electrons. The number of hydrogen-bond donors (Lipinski definition) is 2. The number of methoxy groups -OCH3 is 1. The van der Waals surface area contributed by atoms with Gasteiger partial charge in [0, 0.05) is 5.69 Å². The van der Waals surface area contributed by atoms with Crippen LogP contribution in [0.25, 0.3) is 6.08 Å². The quantitative estimate of drug-likeness (QED) is 0.341.